The molecule has 5 aliphatic heterocycles. The number of hydrogen-bond donors (Lipinski definition) is 0. The Bertz CT molecular complexity index is 4890. The minimum absolute atomic E-state index is 0.117. The van der Waals surface area contributed by atoms with Crippen LogP contribution in [0.1, 0.15) is 233 Å². The molecule has 594 valence electrons. The number of fused-ring (bicyclic) bond motifs is 7. The van der Waals surface area contributed by atoms with E-state index in [1.54, 1.807) is 16.7 Å². The third kappa shape index (κ3) is 12.0. The average molecular weight is 1520 g/mol. The molecular weight excluding hydrogens is 1400 g/mol. The smallest absolute Gasteiger partial charge is 0.137 e. The highest BCUT2D eigenvalue weighted by molar-refractivity contribution is 5.80. The molecule has 8 heterocycles. The Hall–Kier alpha value is -9.01. The molecule has 115 heavy (non-hydrogen) atoms. The van der Waals surface area contributed by atoms with Gasteiger partial charge in [0.05, 0.1) is 0 Å². The first-order valence-corrected chi connectivity index (χ1v) is 45.2. The number of rotatable bonds is 5. The van der Waals surface area contributed by atoms with Crippen molar-refractivity contribution in [2.45, 2.75) is 269 Å². The summed E-state index contributed by atoms with van der Waals surface area (Å²) in [6.07, 6.45) is 34.1. The molecule has 10 aromatic rings. The van der Waals surface area contributed by atoms with Crippen LogP contribution in [0.25, 0.3) is 0 Å². The fourth-order valence-electron chi connectivity index (χ4n) is 28.2. The van der Waals surface area contributed by atoms with E-state index in [4.69, 9.17) is 9.97 Å². The summed E-state index contributed by atoms with van der Waals surface area (Å²) in [6, 6.07) is 78.2. The van der Waals surface area contributed by atoms with E-state index >= 15 is 0 Å². The van der Waals surface area contributed by atoms with E-state index in [0.717, 1.165) is 53.2 Å². The van der Waals surface area contributed by atoms with Gasteiger partial charge in [0.2, 0.25) is 0 Å². The molecule has 8 heteroatoms. The molecular formula is C107H126N8. The predicted octanol–water partition coefficient (Wildman–Crippen LogP) is 26.9. The summed E-state index contributed by atoms with van der Waals surface area (Å²) < 4.78 is 0. The topological polar surface area (TPSA) is 54.9 Å². The minimum atomic E-state index is 0.117. The maximum Gasteiger partial charge on any atom is 0.137 e. The SMILES string of the molecule is Cc1ccccc1N1c2ccccc2C2(C3CC4CC(C3)CC2C4)C1C.Cc1ccccc1N1c2ccccc2C2(CCCCC2)C1C.Cc1ccccc1N1c2ncccc2C(C)(C)C1C.Cc1ccccc1N1c2ncccc2C2(C3CC4CC(C3)CC2C4)C1C.Cc1ccccc1N1c2ncccc2C2(CCCCC2)C1C. The highest BCUT2D eigenvalue weighted by Crippen LogP contribution is 2.71. The average Bonchev–Trinajstić information content (AvgIpc) is 1.54. The lowest BCUT2D eigenvalue weighted by atomic mass is 9.42. The van der Waals surface area contributed by atoms with Crippen LogP contribution in [0.15, 0.2) is 225 Å². The van der Waals surface area contributed by atoms with Gasteiger partial charge in [0.25, 0.3) is 0 Å². The molecule has 0 radical (unpaired) electrons. The van der Waals surface area contributed by atoms with Crippen LogP contribution < -0.4 is 24.5 Å². The second-order valence-corrected chi connectivity index (χ2v) is 39.0. The number of anilines is 10. The fourth-order valence-corrected chi connectivity index (χ4v) is 28.2. The summed E-state index contributed by atoms with van der Waals surface area (Å²) in [5.41, 5.74) is 25.5. The largest absolute Gasteiger partial charge is 0.337 e. The molecule has 0 N–H and O–H groups in total. The Morgan fingerprint density at radius 1 is 0.252 bits per heavy atom. The first kappa shape index (κ1) is 76.0. The molecule has 5 atom stereocenters. The lowest BCUT2D eigenvalue weighted by Crippen LogP contribution is -2.60. The molecule has 5 unspecified atom stereocenters. The molecule has 0 amide bonds. The second kappa shape index (κ2) is 29.9. The Labute approximate surface area is 689 Å². The first-order valence-electron chi connectivity index (χ1n) is 45.2. The third-order valence-corrected chi connectivity index (χ3v) is 33.4. The van der Waals surface area contributed by atoms with Crippen LogP contribution >= 0.6 is 0 Å². The monoisotopic (exact) mass is 1520 g/mol. The molecule has 8 bridgehead atoms. The number of pyridine rings is 3. The lowest BCUT2D eigenvalue weighted by Gasteiger charge is -2.62. The molecule has 8 nitrogen and oxygen atoms in total. The highest BCUT2D eigenvalue weighted by Gasteiger charge is 2.67. The van der Waals surface area contributed by atoms with Crippen molar-refractivity contribution in [2.75, 3.05) is 24.5 Å². The normalized spacial score (nSPS) is 30.0. The number of benzene rings is 7. The molecule has 10 aliphatic carbocycles. The van der Waals surface area contributed by atoms with Gasteiger partial charge in [-0.1, -0.05) is 198 Å². The van der Waals surface area contributed by atoms with Gasteiger partial charge in [0.15, 0.2) is 0 Å². The van der Waals surface area contributed by atoms with Gasteiger partial charge in [-0.25, -0.2) is 15.0 Å². The van der Waals surface area contributed by atoms with E-state index in [2.05, 4.69) is 313 Å². The van der Waals surface area contributed by atoms with Gasteiger partial charge in [-0.3, -0.25) is 0 Å². The zero-order valence-electron chi connectivity index (χ0n) is 71.1. The summed E-state index contributed by atoms with van der Waals surface area (Å²) in [5.74, 6) is 11.1. The number of nitrogens with zero attached hydrogens (tertiary/aromatic N) is 8. The van der Waals surface area contributed by atoms with Crippen LogP contribution in [0.5, 0.6) is 0 Å². The van der Waals surface area contributed by atoms with Gasteiger partial charge in [-0.15, -0.1) is 0 Å². The van der Waals surface area contributed by atoms with Crippen molar-refractivity contribution in [3.63, 3.8) is 0 Å². The zero-order valence-corrected chi connectivity index (χ0v) is 71.1. The number of aryl methyl sites for hydroxylation is 5. The first-order chi connectivity index (χ1) is 55.9. The van der Waals surface area contributed by atoms with Crippen LogP contribution in [0.3, 0.4) is 0 Å². The van der Waals surface area contributed by atoms with Gasteiger partial charge in [-0.05, 0) is 306 Å². The minimum Gasteiger partial charge on any atom is -0.337 e. The molecule has 25 rings (SSSR count). The van der Waals surface area contributed by atoms with Gasteiger partial charge < -0.3 is 24.5 Å². The highest BCUT2D eigenvalue weighted by atomic mass is 15.3. The van der Waals surface area contributed by atoms with E-state index in [9.17, 15) is 0 Å². The summed E-state index contributed by atoms with van der Waals surface area (Å²) in [4.78, 5) is 27.1. The van der Waals surface area contributed by atoms with Crippen molar-refractivity contribution >= 4 is 57.3 Å². The Kier molecular flexibility index (Phi) is 19.7. The predicted molar refractivity (Wildman–Crippen MR) is 479 cm³/mol. The fraction of sp³-hybridized carbons (Fsp3) is 0.467. The van der Waals surface area contributed by atoms with Gasteiger partial charge in [-0.2, -0.15) is 0 Å². The third-order valence-electron chi connectivity index (χ3n) is 33.4. The molecule has 7 aromatic carbocycles. The van der Waals surface area contributed by atoms with E-state index in [1.165, 1.54) is 219 Å². The van der Waals surface area contributed by atoms with Crippen molar-refractivity contribution in [1.29, 1.82) is 0 Å². The van der Waals surface area contributed by atoms with E-state index in [1.807, 2.05) is 24.7 Å². The molecule has 15 aliphatic rings. The van der Waals surface area contributed by atoms with Crippen LogP contribution in [0.2, 0.25) is 0 Å². The van der Waals surface area contributed by atoms with Crippen LogP contribution in [0.4, 0.5) is 57.3 Å². The van der Waals surface area contributed by atoms with Crippen LogP contribution in [0, 0.1) is 82.0 Å². The summed E-state index contributed by atoms with van der Waals surface area (Å²) in [6.45, 7) is 27.9. The van der Waals surface area contributed by atoms with Crippen molar-refractivity contribution in [1.82, 2.24) is 15.0 Å². The molecule has 10 fully saturated rings. The van der Waals surface area contributed by atoms with E-state index < -0.39 is 0 Å². The Morgan fingerprint density at radius 3 is 0.939 bits per heavy atom. The van der Waals surface area contributed by atoms with Gasteiger partial charge in [0, 0.05) is 132 Å². The molecule has 10 saturated carbocycles. The Balaban J connectivity index is 0.0000000966. The summed E-state index contributed by atoms with van der Waals surface area (Å²) in [7, 11) is 0. The van der Waals surface area contributed by atoms with E-state index in [0.29, 0.717) is 51.9 Å². The maximum absolute atomic E-state index is 4.94. The van der Waals surface area contributed by atoms with Crippen molar-refractivity contribution < 1.29 is 0 Å². The maximum atomic E-state index is 4.94. The zero-order chi connectivity index (χ0) is 78.9. The van der Waals surface area contributed by atoms with E-state index in [-0.39, 0.29) is 5.41 Å². The standard InChI is InChI=1S/C25H29N.C24H28N2.C21H25N.C20H24N2.C17H20N2/c1-16-7-3-5-9-23(16)26-17(2)25(22-8-4-6-10-24(22)26)20-12-18-11-19(14-20)15-21(25)13-18;1-15-6-3-4-8-22(15)26-16(2)24(21-7-5-9-25-23(21)26)19-11-17-10-18(13-19)14-20(24)12-17;1-16-10-4-6-12-19(16)22-17(2)21(14-8-3-9-15-21)18-11-5-7-13-20(18)22;1-15-9-4-5-11-18(15)22-16(2)20(12-6-3-7-13-20)17-10-8-14-21-19(17)22;1-12-8-5-6-10-15(12)19-13(2)17(3,4)14-9-7-11-18-16(14)19/h3-10,17-21H,11-15H2,1-2H3;3-9,16-20H,10-14H2,1-2H3;4-7,10-13,17H,3,8-9,14-15H2,1-2H3;4-5,8-11,14,16H,3,6-7,12-13H2,1-2H3;5-11,13H,1-4H3. The summed E-state index contributed by atoms with van der Waals surface area (Å²) >= 11 is 0. The van der Waals surface area contributed by atoms with Crippen molar-refractivity contribution in [2.24, 2.45) is 47.3 Å². The summed E-state index contributed by atoms with van der Waals surface area (Å²) in [5, 5.41) is 0. The Morgan fingerprint density at radius 2 is 0.522 bits per heavy atom. The second-order valence-electron chi connectivity index (χ2n) is 39.0. The van der Waals surface area contributed by atoms with Gasteiger partial charge >= 0.3 is 0 Å². The molecule has 4 spiro atoms. The number of para-hydroxylation sites is 7. The van der Waals surface area contributed by atoms with Crippen molar-refractivity contribution in [3.05, 3.63) is 280 Å². The van der Waals surface area contributed by atoms with Crippen molar-refractivity contribution in [3.8, 4) is 0 Å². The number of aromatic nitrogens is 3. The molecule has 0 saturated heterocycles. The lowest BCUT2D eigenvalue weighted by molar-refractivity contribution is -0.0655. The molecule has 3 aromatic heterocycles. The van der Waals surface area contributed by atoms with Crippen LogP contribution in [-0.2, 0) is 27.1 Å². The quantitative estimate of drug-likeness (QED) is 0.169. The number of hydrogen-bond acceptors (Lipinski definition) is 8. The van der Waals surface area contributed by atoms with Gasteiger partial charge in [0.1, 0.15) is 17.5 Å². The van der Waals surface area contributed by atoms with Crippen LogP contribution in [-0.4, -0.2) is 45.2 Å².